The maximum Gasteiger partial charge on any atom is 0.573 e. The minimum absolute atomic E-state index is 0.398. The summed E-state index contributed by atoms with van der Waals surface area (Å²) in [6, 6.07) is 0. The van der Waals surface area contributed by atoms with Crippen molar-refractivity contribution < 1.29 is 32.4 Å². The second-order valence-corrected chi connectivity index (χ2v) is 3.37. The van der Waals surface area contributed by atoms with Gasteiger partial charge in [0.05, 0.1) is 13.5 Å². The van der Waals surface area contributed by atoms with Gasteiger partial charge in [-0.3, -0.25) is 9.59 Å². The Morgan fingerprint density at radius 1 is 1.50 bits per heavy atom. The van der Waals surface area contributed by atoms with E-state index in [1.807, 2.05) is 4.98 Å². The van der Waals surface area contributed by atoms with Crippen molar-refractivity contribution >= 4 is 11.8 Å². The molecule has 1 rings (SSSR count). The Balaban J connectivity index is 3.35. The van der Waals surface area contributed by atoms with Gasteiger partial charge >= 0.3 is 18.1 Å². The molecule has 0 aliphatic carbocycles. The predicted molar refractivity (Wildman–Crippen MR) is 56.1 cm³/mol. The molecule has 0 aliphatic rings. The maximum absolute atomic E-state index is 12.0. The van der Waals surface area contributed by atoms with Crippen LogP contribution in [0.15, 0.2) is 11.0 Å². The zero-order chi connectivity index (χ0) is 15.5. The molecule has 0 bridgehead atoms. The molecule has 0 radical (unpaired) electrons. The first-order valence-electron chi connectivity index (χ1n) is 4.87. The molecule has 11 heteroatoms. The van der Waals surface area contributed by atoms with Gasteiger partial charge in [0, 0.05) is 0 Å². The van der Waals surface area contributed by atoms with Crippen molar-refractivity contribution in [3.8, 4) is 5.75 Å². The van der Waals surface area contributed by atoms with E-state index < -0.39 is 46.2 Å². The van der Waals surface area contributed by atoms with Crippen LogP contribution in [0.1, 0.15) is 5.56 Å². The van der Waals surface area contributed by atoms with Gasteiger partial charge in [0.15, 0.2) is 0 Å². The van der Waals surface area contributed by atoms with Crippen molar-refractivity contribution in [2.75, 3.05) is 7.11 Å². The van der Waals surface area contributed by atoms with E-state index >= 15 is 0 Å². The summed E-state index contributed by atoms with van der Waals surface area (Å²) in [5.74, 6) is -3.14. The monoisotopic (exact) mass is 296 g/mol. The fraction of sp³-hybridized carbons (Fsp3) is 0.333. The number of esters is 1. The molecular weight excluding hydrogens is 289 g/mol. The van der Waals surface area contributed by atoms with E-state index in [1.54, 1.807) is 0 Å². The van der Waals surface area contributed by atoms with Gasteiger partial charge in [-0.1, -0.05) is 0 Å². The van der Waals surface area contributed by atoms with Gasteiger partial charge in [-0.15, -0.1) is 13.2 Å². The normalized spacial score (nSPS) is 11.0. The van der Waals surface area contributed by atoms with Crippen LogP contribution in [0.5, 0.6) is 5.75 Å². The number of hydrogen-bond donors (Lipinski definition) is 1. The van der Waals surface area contributed by atoms with Crippen LogP contribution < -0.4 is 10.2 Å². The standard InChI is InChI=1S/C9H7F3N2O6/c1-19-6(15)2-4-7(16)5(20-9(10,11)12)3-13-8(4)14(17)18/h3H,2H2,1H3,(H,13,16). The Morgan fingerprint density at radius 3 is 2.55 bits per heavy atom. The van der Waals surface area contributed by atoms with Gasteiger partial charge in [0.1, 0.15) is 11.8 Å². The van der Waals surface area contributed by atoms with Crippen LogP contribution in [-0.4, -0.2) is 29.3 Å². The molecule has 0 aromatic carbocycles. The number of nitro groups is 1. The summed E-state index contributed by atoms with van der Waals surface area (Å²) < 4.78 is 43.7. The number of hydrogen-bond acceptors (Lipinski definition) is 6. The van der Waals surface area contributed by atoms with Crippen LogP contribution in [0.3, 0.4) is 0 Å². The number of pyridine rings is 1. The third-order valence-electron chi connectivity index (χ3n) is 2.08. The number of methoxy groups -OCH3 is 1. The molecule has 0 spiro atoms. The van der Waals surface area contributed by atoms with E-state index in [0.29, 0.717) is 6.20 Å². The molecule has 0 saturated heterocycles. The van der Waals surface area contributed by atoms with Crippen LogP contribution in [-0.2, 0) is 16.0 Å². The first-order chi connectivity index (χ1) is 9.15. The molecule has 1 aromatic rings. The molecule has 1 heterocycles. The van der Waals surface area contributed by atoms with Crippen LogP contribution in [0.4, 0.5) is 19.0 Å². The molecular formula is C9H7F3N2O6. The zero-order valence-electron chi connectivity index (χ0n) is 9.82. The van der Waals surface area contributed by atoms with E-state index in [-0.39, 0.29) is 0 Å². The third-order valence-corrected chi connectivity index (χ3v) is 2.08. The van der Waals surface area contributed by atoms with Crippen LogP contribution in [0.2, 0.25) is 0 Å². The zero-order valence-corrected chi connectivity index (χ0v) is 9.82. The molecule has 0 amide bonds. The fourth-order valence-electron chi connectivity index (χ4n) is 1.29. The Kier molecular flexibility index (Phi) is 4.32. The summed E-state index contributed by atoms with van der Waals surface area (Å²) in [5, 5.41) is 10.7. The van der Waals surface area contributed by atoms with Gasteiger partial charge in [-0.2, -0.15) is 0 Å². The minimum Gasteiger partial charge on any atom is -0.469 e. The van der Waals surface area contributed by atoms with Gasteiger partial charge in [0.2, 0.25) is 11.2 Å². The first-order valence-corrected chi connectivity index (χ1v) is 4.87. The largest absolute Gasteiger partial charge is 0.573 e. The number of ether oxygens (including phenoxy) is 2. The molecule has 0 fully saturated rings. The lowest BCUT2D eigenvalue weighted by molar-refractivity contribution is -0.390. The molecule has 0 atom stereocenters. The Morgan fingerprint density at radius 2 is 2.10 bits per heavy atom. The number of carbonyl (C=O) groups is 1. The quantitative estimate of drug-likeness (QED) is 0.502. The number of nitrogens with one attached hydrogen (secondary N) is 1. The van der Waals surface area contributed by atoms with E-state index in [0.717, 1.165) is 7.11 Å². The fourth-order valence-corrected chi connectivity index (χ4v) is 1.29. The average Bonchev–Trinajstić information content (AvgIpc) is 2.32. The highest BCUT2D eigenvalue weighted by atomic mass is 19.4. The molecule has 8 nitrogen and oxygen atoms in total. The highest BCUT2D eigenvalue weighted by Gasteiger charge is 2.34. The highest BCUT2D eigenvalue weighted by Crippen LogP contribution is 2.22. The summed E-state index contributed by atoms with van der Waals surface area (Å²) in [5.41, 5.74) is -2.21. The number of nitrogens with zero attached hydrogens (tertiary/aromatic N) is 1. The average molecular weight is 296 g/mol. The molecule has 20 heavy (non-hydrogen) atoms. The molecule has 1 aromatic heterocycles. The molecule has 0 saturated carbocycles. The number of aromatic amines is 1. The van der Waals surface area contributed by atoms with Crippen molar-refractivity contribution in [2.45, 2.75) is 12.8 Å². The summed E-state index contributed by atoms with van der Waals surface area (Å²) in [6.45, 7) is 0. The van der Waals surface area contributed by atoms with Crippen LogP contribution >= 0.6 is 0 Å². The predicted octanol–water partition coefficient (Wildman–Crippen LogP) is 0.897. The van der Waals surface area contributed by atoms with E-state index in [9.17, 15) is 32.9 Å². The van der Waals surface area contributed by atoms with Crippen molar-refractivity contribution in [2.24, 2.45) is 0 Å². The van der Waals surface area contributed by atoms with Crippen LogP contribution in [0, 0.1) is 10.1 Å². The number of aromatic nitrogens is 1. The lowest BCUT2D eigenvalue weighted by atomic mass is 10.1. The number of rotatable bonds is 4. The van der Waals surface area contributed by atoms with Crippen molar-refractivity contribution in [1.82, 2.24) is 4.98 Å². The summed E-state index contributed by atoms with van der Waals surface area (Å²) in [7, 11) is 0.957. The smallest absolute Gasteiger partial charge is 0.469 e. The lowest BCUT2D eigenvalue weighted by Crippen LogP contribution is -2.25. The minimum atomic E-state index is -5.15. The summed E-state index contributed by atoms with van der Waals surface area (Å²) in [4.78, 5) is 34.2. The summed E-state index contributed by atoms with van der Waals surface area (Å²) in [6.07, 6.45) is -5.61. The van der Waals surface area contributed by atoms with Gasteiger partial charge in [-0.05, 0) is 4.92 Å². The third kappa shape index (κ3) is 3.70. The second kappa shape index (κ2) is 5.59. The SMILES string of the molecule is COC(=O)Cc1c([N+](=O)[O-])[nH]cc(OC(F)(F)F)c1=O. The lowest BCUT2D eigenvalue weighted by Gasteiger charge is -2.08. The molecule has 0 aliphatic heterocycles. The number of carbonyl (C=O) groups excluding carboxylic acids is 1. The topological polar surface area (TPSA) is 112 Å². The molecule has 110 valence electrons. The number of halogens is 3. The van der Waals surface area contributed by atoms with Crippen molar-refractivity contribution in [3.63, 3.8) is 0 Å². The summed E-state index contributed by atoms with van der Waals surface area (Å²) >= 11 is 0. The van der Waals surface area contributed by atoms with Gasteiger partial charge in [0.25, 0.3) is 0 Å². The van der Waals surface area contributed by atoms with Gasteiger partial charge in [-0.25, -0.2) is 4.98 Å². The van der Waals surface area contributed by atoms with Gasteiger partial charge < -0.3 is 19.6 Å². The van der Waals surface area contributed by atoms with Crippen molar-refractivity contribution in [3.05, 3.63) is 32.1 Å². The van der Waals surface area contributed by atoms with E-state index in [4.69, 9.17) is 0 Å². The Bertz CT molecular complexity index is 594. The Hall–Kier alpha value is -2.59. The molecule has 1 N–H and O–H groups in total. The molecule has 0 unspecified atom stereocenters. The van der Waals surface area contributed by atoms with E-state index in [2.05, 4.69) is 9.47 Å². The highest BCUT2D eigenvalue weighted by molar-refractivity contribution is 5.73. The van der Waals surface area contributed by atoms with Crippen molar-refractivity contribution in [1.29, 1.82) is 0 Å². The van der Waals surface area contributed by atoms with Crippen LogP contribution in [0.25, 0.3) is 0 Å². The Labute approximate surface area is 108 Å². The van der Waals surface area contributed by atoms with E-state index in [1.165, 1.54) is 0 Å². The first kappa shape index (κ1) is 15.5. The second-order valence-electron chi connectivity index (χ2n) is 3.37. The number of H-pyrrole nitrogens is 1. The number of alkyl halides is 3. The maximum atomic E-state index is 12.0.